The van der Waals surface area contributed by atoms with Crippen LogP contribution in [0.15, 0.2) is 24.3 Å². The molecule has 0 bridgehead atoms. The van der Waals surface area contributed by atoms with Crippen molar-refractivity contribution in [3.8, 4) is 0 Å². The summed E-state index contributed by atoms with van der Waals surface area (Å²) in [7, 11) is 0. The van der Waals surface area contributed by atoms with Crippen LogP contribution >= 0.6 is 0 Å². The number of carbonyl (C=O) groups is 1. The van der Waals surface area contributed by atoms with Crippen LogP contribution in [0, 0.1) is 0 Å². The van der Waals surface area contributed by atoms with E-state index in [0.29, 0.717) is 19.6 Å². The summed E-state index contributed by atoms with van der Waals surface area (Å²) in [4.78, 5) is 12.1. The summed E-state index contributed by atoms with van der Waals surface area (Å²) in [5, 5.41) is 9.54. The SMILES string of the molecule is CCCCC/C=C\C/C=C\CCCCCCCCOCC(CO)OC(=O)CCCCCCCCCCCCCCC. The van der Waals surface area contributed by atoms with Crippen LogP contribution in [0.4, 0.5) is 0 Å². The number of hydrogen-bond donors (Lipinski definition) is 1. The van der Waals surface area contributed by atoms with E-state index in [-0.39, 0.29) is 12.6 Å². The van der Waals surface area contributed by atoms with Gasteiger partial charge in [0.2, 0.25) is 0 Å². The molecule has 0 aliphatic carbocycles. The van der Waals surface area contributed by atoms with E-state index in [1.165, 1.54) is 135 Å². The molecule has 1 N–H and O–H groups in total. The highest BCUT2D eigenvalue weighted by atomic mass is 16.6. The van der Waals surface area contributed by atoms with Gasteiger partial charge < -0.3 is 14.6 Å². The first kappa shape index (κ1) is 39.9. The second kappa shape index (κ2) is 35.1. The van der Waals surface area contributed by atoms with E-state index in [2.05, 4.69) is 38.2 Å². The number of aliphatic hydroxyl groups is 1. The molecule has 0 radical (unpaired) electrons. The molecule has 0 heterocycles. The minimum absolute atomic E-state index is 0.173. The standard InChI is InChI=1S/C37H70O4/c1-3-5-7-9-11-13-15-17-18-19-21-23-25-27-29-31-33-40-35-36(34-38)41-37(39)32-30-28-26-24-22-20-16-14-12-10-8-6-4-2/h11,13,17-18,36,38H,3-10,12,14-16,19-35H2,1-2H3/b13-11-,18-17-. The van der Waals surface area contributed by atoms with Crippen molar-refractivity contribution in [3.05, 3.63) is 24.3 Å². The maximum Gasteiger partial charge on any atom is 0.306 e. The van der Waals surface area contributed by atoms with Gasteiger partial charge in [-0.1, -0.05) is 154 Å². The summed E-state index contributed by atoms with van der Waals surface area (Å²) >= 11 is 0. The minimum atomic E-state index is -0.533. The molecule has 0 aromatic carbocycles. The zero-order valence-electron chi connectivity index (χ0n) is 27.6. The lowest BCUT2D eigenvalue weighted by Crippen LogP contribution is -2.27. The van der Waals surface area contributed by atoms with Crippen molar-refractivity contribution in [2.75, 3.05) is 19.8 Å². The van der Waals surface area contributed by atoms with Crippen molar-refractivity contribution in [2.45, 2.75) is 187 Å². The van der Waals surface area contributed by atoms with E-state index in [4.69, 9.17) is 9.47 Å². The zero-order valence-corrected chi connectivity index (χ0v) is 27.6. The fourth-order valence-corrected chi connectivity index (χ4v) is 5.06. The Labute approximate surface area is 256 Å². The van der Waals surface area contributed by atoms with Crippen molar-refractivity contribution in [3.63, 3.8) is 0 Å². The maximum atomic E-state index is 12.1. The van der Waals surface area contributed by atoms with Gasteiger partial charge in [-0.15, -0.1) is 0 Å². The molecule has 0 aromatic rings. The van der Waals surface area contributed by atoms with Crippen LogP contribution in [0.5, 0.6) is 0 Å². The maximum absolute atomic E-state index is 12.1. The molecule has 242 valence electrons. The topological polar surface area (TPSA) is 55.8 Å². The lowest BCUT2D eigenvalue weighted by Gasteiger charge is -2.15. The van der Waals surface area contributed by atoms with Crippen molar-refractivity contribution in [2.24, 2.45) is 0 Å². The molecule has 0 amide bonds. The van der Waals surface area contributed by atoms with Crippen LogP contribution in [-0.4, -0.2) is 37.0 Å². The first-order chi connectivity index (χ1) is 20.2. The van der Waals surface area contributed by atoms with E-state index in [9.17, 15) is 9.90 Å². The number of unbranched alkanes of at least 4 members (excludes halogenated alkanes) is 21. The van der Waals surface area contributed by atoms with Crippen molar-refractivity contribution in [1.82, 2.24) is 0 Å². The van der Waals surface area contributed by atoms with E-state index < -0.39 is 6.10 Å². The number of esters is 1. The highest BCUT2D eigenvalue weighted by Gasteiger charge is 2.13. The molecule has 4 nitrogen and oxygen atoms in total. The number of aliphatic hydroxyl groups excluding tert-OH is 1. The molecule has 0 spiro atoms. The Hall–Kier alpha value is -1.13. The molecule has 41 heavy (non-hydrogen) atoms. The Balaban J connectivity index is 3.45. The lowest BCUT2D eigenvalue weighted by molar-refractivity contribution is -0.154. The van der Waals surface area contributed by atoms with Crippen LogP contribution < -0.4 is 0 Å². The summed E-state index contributed by atoms with van der Waals surface area (Å²) in [5.41, 5.74) is 0. The third-order valence-corrected chi connectivity index (χ3v) is 7.78. The Bertz CT molecular complexity index is 571. The van der Waals surface area contributed by atoms with Gasteiger partial charge in [-0.3, -0.25) is 4.79 Å². The van der Waals surface area contributed by atoms with Crippen LogP contribution in [0.2, 0.25) is 0 Å². The Kier molecular flexibility index (Phi) is 34.1. The molecular formula is C37H70O4. The van der Waals surface area contributed by atoms with E-state index >= 15 is 0 Å². The van der Waals surface area contributed by atoms with Gasteiger partial charge in [-0.25, -0.2) is 0 Å². The third-order valence-electron chi connectivity index (χ3n) is 7.78. The highest BCUT2D eigenvalue weighted by molar-refractivity contribution is 5.69. The number of hydrogen-bond acceptors (Lipinski definition) is 4. The van der Waals surface area contributed by atoms with Gasteiger partial charge in [0.05, 0.1) is 13.2 Å². The van der Waals surface area contributed by atoms with Crippen molar-refractivity contribution in [1.29, 1.82) is 0 Å². The molecular weight excluding hydrogens is 508 g/mol. The van der Waals surface area contributed by atoms with Crippen molar-refractivity contribution >= 4 is 5.97 Å². The lowest BCUT2D eigenvalue weighted by atomic mass is 10.0. The predicted molar refractivity (Wildman–Crippen MR) is 177 cm³/mol. The number of allylic oxidation sites excluding steroid dienone is 4. The van der Waals surface area contributed by atoms with E-state index in [0.717, 1.165) is 25.7 Å². The van der Waals surface area contributed by atoms with Gasteiger partial charge in [-0.2, -0.15) is 0 Å². The normalized spacial score (nSPS) is 12.6. The first-order valence-corrected chi connectivity index (χ1v) is 17.9. The van der Waals surface area contributed by atoms with Crippen LogP contribution in [-0.2, 0) is 14.3 Å². The summed E-state index contributed by atoms with van der Waals surface area (Å²) in [5.74, 6) is -0.204. The fraction of sp³-hybridized carbons (Fsp3) is 0.865. The van der Waals surface area contributed by atoms with Crippen LogP contribution in [0.3, 0.4) is 0 Å². The molecule has 0 saturated carbocycles. The number of carbonyl (C=O) groups excluding carboxylic acids is 1. The Morgan fingerprint density at radius 2 is 1.02 bits per heavy atom. The van der Waals surface area contributed by atoms with E-state index in [1.807, 2.05) is 0 Å². The zero-order chi connectivity index (χ0) is 29.9. The average molecular weight is 579 g/mol. The van der Waals surface area contributed by atoms with Crippen molar-refractivity contribution < 1.29 is 19.4 Å². The molecule has 0 rings (SSSR count). The van der Waals surface area contributed by atoms with E-state index in [1.54, 1.807) is 0 Å². The van der Waals surface area contributed by atoms with Gasteiger partial charge in [0.15, 0.2) is 0 Å². The number of ether oxygens (including phenoxy) is 2. The van der Waals surface area contributed by atoms with Gasteiger partial charge in [-0.05, 0) is 44.9 Å². The molecule has 0 saturated heterocycles. The molecule has 0 fully saturated rings. The molecule has 1 atom stereocenters. The fourth-order valence-electron chi connectivity index (χ4n) is 5.06. The molecule has 0 aliphatic heterocycles. The summed E-state index contributed by atoms with van der Waals surface area (Å²) in [6.45, 7) is 5.31. The van der Waals surface area contributed by atoms with Crippen LogP contribution in [0.25, 0.3) is 0 Å². The van der Waals surface area contributed by atoms with Gasteiger partial charge in [0.25, 0.3) is 0 Å². The molecule has 0 aliphatic rings. The van der Waals surface area contributed by atoms with Gasteiger partial charge in [0.1, 0.15) is 6.10 Å². The second-order valence-corrected chi connectivity index (χ2v) is 11.9. The smallest absolute Gasteiger partial charge is 0.306 e. The molecule has 4 heteroatoms. The third kappa shape index (κ3) is 33.2. The first-order valence-electron chi connectivity index (χ1n) is 17.9. The van der Waals surface area contributed by atoms with Crippen LogP contribution in [0.1, 0.15) is 181 Å². The summed E-state index contributed by atoms with van der Waals surface area (Å²) in [6.07, 6.45) is 40.7. The summed E-state index contributed by atoms with van der Waals surface area (Å²) < 4.78 is 11.1. The van der Waals surface area contributed by atoms with Gasteiger partial charge in [0, 0.05) is 13.0 Å². The Morgan fingerprint density at radius 1 is 0.585 bits per heavy atom. The van der Waals surface area contributed by atoms with Gasteiger partial charge >= 0.3 is 5.97 Å². The summed E-state index contributed by atoms with van der Waals surface area (Å²) in [6, 6.07) is 0. The second-order valence-electron chi connectivity index (χ2n) is 11.9. The molecule has 1 unspecified atom stereocenters. The molecule has 0 aromatic heterocycles. The minimum Gasteiger partial charge on any atom is -0.457 e. The average Bonchev–Trinajstić information content (AvgIpc) is 2.98. The Morgan fingerprint density at radius 3 is 1.56 bits per heavy atom. The quantitative estimate of drug-likeness (QED) is 0.0478. The highest BCUT2D eigenvalue weighted by Crippen LogP contribution is 2.13. The largest absolute Gasteiger partial charge is 0.457 e. The predicted octanol–water partition coefficient (Wildman–Crippen LogP) is 11.2. The monoisotopic (exact) mass is 579 g/mol. The number of rotatable bonds is 33.